The van der Waals surface area contributed by atoms with E-state index in [0.29, 0.717) is 17.6 Å². The first kappa shape index (κ1) is 27.4. The SMILES string of the molecule is C[C@H](Oc1cnc(N2C[C@H](NC(=O)OC(C)(C)C)[C@@H](c3cc(F)ccc3F)C2)nc1)C1CCN(C#N)CC1. The van der Waals surface area contributed by atoms with E-state index in [9.17, 15) is 13.6 Å². The third kappa shape index (κ3) is 6.79. The average molecular weight is 529 g/mol. The van der Waals surface area contributed by atoms with E-state index in [1.54, 1.807) is 38.1 Å². The maximum Gasteiger partial charge on any atom is 0.407 e. The van der Waals surface area contributed by atoms with Crippen LogP contribution in [0, 0.1) is 29.0 Å². The number of nitrogens with one attached hydrogen (secondary N) is 1. The minimum absolute atomic E-state index is 0.0557. The molecule has 2 fully saturated rings. The molecule has 0 bridgehead atoms. The van der Waals surface area contributed by atoms with Crippen LogP contribution in [0.3, 0.4) is 0 Å². The van der Waals surface area contributed by atoms with Crippen molar-refractivity contribution < 1.29 is 23.0 Å². The minimum atomic E-state index is -0.704. The smallest absolute Gasteiger partial charge is 0.407 e. The van der Waals surface area contributed by atoms with Crippen molar-refractivity contribution in [1.82, 2.24) is 20.2 Å². The van der Waals surface area contributed by atoms with Gasteiger partial charge in [-0.3, -0.25) is 0 Å². The van der Waals surface area contributed by atoms with Crippen molar-refractivity contribution >= 4 is 12.0 Å². The van der Waals surface area contributed by atoms with Crippen molar-refractivity contribution in [1.29, 1.82) is 5.26 Å². The molecule has 2 aliphatic heterocycles. The van der Waals surface area contributed by atoms with Crippen molar-refractivity contribution in [2.75, 3.05) is 31.1 Å². The number of carbonyl (C=O) groups excluding carboxylic acids is 1. The Morgan fingerprint density at radius 2 is 1.87 bits per heavy atom. The van der Waals surface area contributed by atoms with Gasteiger partial charge in [-0.05, 0) is 70.2 Å². The van der Waals surface area contributed by atoms with Crippen LogP contribution in [0.25, 0.3) is 0 Å². The molecule has 1 N–H and O–H groups in total. The van der Waals surface area contributed by atoms with Gasteiger partial charge in [0.25, 0.3) is 0 Å². The zero-order valence-corrected chi connectivity index (χ0v) is 22.2. The maximum atomic E-state index is 14.7. The van der Waals surface area contributed by atoms with E-state index in [-0.39, 0.29) is 24.8 Å². The van der Waals surface area contributed by atoms with Gasteiger partial charge in [0.15, 0.2) is 11.9 Å². The topological polar surface area (TPSA) is 104 Å². The van der Waals surface area contributed by atoms with E-state index in [2.05, 4.69) is 21.5 Å². The van der Waals surface area contributed by atoms with Crippen LogP contribution in [0.4, 0.5) is 19.5 Å². The lowest BCUT2D eigenvalue weighted by atomic mass is 9.92. The number of aromatic nitrogens is 2. The highest BCUT2D eigenvalue weighted by molar-refractivity contribution is 5.68. The Hall–Kier alpha value is -3.68. The van der Waals surface area contributed by atoms with Crippen molar-refractivity contribution in [3.8, 4) is 11.9 Å². The monoisotopic (exact) mass is 528 g/mol. The fourth-order valence-corrected chi connectivity index (χ4v) is 5.00. The van der Waals surface area contributed by atoms with Gasteiger partial charge in [-0.2, -0.15) is 5.26 Å². The normalized spacial score (nSPS) is 21.1. The summed E-state index contributed by atoms with van der Waals surface area (Å²) in [4.78, 5) is 25.0. The summed E-state index contributed by atoms with van der Waals surface area (Å²) in [7, 11) is 0. The van der Waals surface area contributed by atoms with Gasteiger partial charge >= 0.3 is 6.09 Å². The molecule has 3 heterocycles. The van der Waals surface area contributed by atoms with E-state index >= 15 is 0 Å². The number of ether oxygens (including phenoxy) is 2. The van der Waals surface area contributed by atoms with Gasteiger partial charge < -0.3 is 24.6 Å². The molecule has 0 saturated carbocycles. The third-order valence-corrected chi connectivity index (χ3v) is 6.94. The van der Waals surface area contributed by atoms with Crippen molar-refractivity contribution in [3.05, 3.63) is 47.8 Å². The predicted octanol–water partition coefficient (Wildman–Crippen LogP) is 4.21. The first-order chi connectivity index (χ1) is 18.0. The zero-order chi connectivity index (χ0) is 27.4. The quantitative estimate of drug-likeness (QED) is 0.556. The Morgan fingerprint density at radius 1 is 1.18 bits per heavy atom. The van der Waals surface area contributed by atoms with Crippen LogP contribution in [0.5, 0.6) is 5.75 Å². The molecule has 1 aromatic heterocycles. The molecule has 1 aromatic carbocycles. The van der Waals surface area contributed by atoms with Gasteiger partial charge in [0.05, 0.1) is 24.5 Å². The summed E-state index contributed by atoms with van der Waals surface area (Å²) in [6, 6.07) is 2.76. The number of piperidine rings is 1. The molecule has 0 aliphatic carbocycles. The highest BCUT2D eigenvalue weighted by atomic mass is 19.1. The Kier molecular flexibility index (Phi) is 8.19. The average Bonchev–Trinajstić information content (AvgIpc) is 3.28. The van der Waals surface area contributed by atoms with Gasteiger partial charge in [-0.15, -0.1) is 0 Å². The number of hydrogen-bond acceptors (Lipinski definition) is 8. The second kappa shape index (κ2) is 11.4. The van der Waals surface area contributed by atoms with Gasteiger partial charge in [0.1, 0.15) is 17.2 Å². The highest BCUT2D eigenvalue weighted by Crippen LogP contribution is 2.32. The number of rotatable bonds is 6. The summed E-state index contributed by atoms with van der Waals surface area (Å²) in [5.74, 6) is -0.395. The number of amides is 1. The number of benzene rings is 1. The van der Waals surface area contributed by atoms with Crippen molar-refractivity contribution in [3.63, 3.8) is 0 Å². The van der Waals surface area contributed by atoms with Gasteiger partial charge in [0, 0.05) is 32.1 Å². The van der Waals surface area contributed by atoms with Crippen LogP contribution in [-0.4, -0.2) is 64.9 Å². The molecule has 2 aliphatic rings. The Labute approximate surface area is 221 Å². The largest absolute Gasteiger partial charge is 0.487 e. The standard InChI is InChI=1S/C27H34F2N6O3/c1-17(18-7-9-34(16-30)10-8-18)37-20-12-31-25(32-13-20)35-14-22(21-11-19(28)5-6-23(21)29)24(15-35)33-26(36)38-27(2,3)4/h5-6,11-13,17-18,22,24H,7-10,14-15H2,1-4H3,(H,33,36)/t17-,22+,24-/m0/s1. The van der Waals surface area contributed by atoms with Crippen LogP contribution < -0.4 is 15.0 Å². The summed E-state index contributed by atoms with van der Waals surface area (Å²) in [5.41, 5.74) is -0.532. The van der Waals surface area contributed by atoms with E-state index in [4.69, 9.17) is 14.7 Å². The maximum absolute atomic E-state index is 14.7. The van der Waals surface area contributed by atoms with Crippen LogP contribution in [0.2, 0.25) is 0 Å². The highest BCUT2D eigenvalue weighted by Gasteiger charge is 2.38. The van der Waals surface area contributed by atoms with Crippen LogP contribution >= 0.6 is 0 Å². The van der Waals surface area contributed by atoms with Gasteiger partial charge in [-0.1, -0.05) is 0 Å². The Morgan fingerprint density at radius 3 is 2.50 bits per heavy atom. The van der Waals surface area contributed by atoms with E-state index in [0.717, 1.165) is 44.1 Å². The molecule has 0 radical (unpaired) electrons. The van der Waals surface area contributed by atoms with E-state index in [1.165, 1.54) is 0 Å². The summed E-state index contributed by atoms with van der Waals surface area (Å²) >= 11 is 0. The lowest BCUT2D eigenvalue weighted by Gasteiger charge is -2.32. The summed E-state index contributed by atoms with van der Waals surface area (Å²) in [5, 5.41) is 11.9. The Balaban J connectivity index is 1.45. The number of nitriles is 1. The molecular formula is C27H34F2N6O3. The lowest BCUT2D eigenvalue weighted by Crippen LogP contribution is -2.43. The predicted molar refractivity (Wildman–Crippen MR) is 137 cm³/mol. The first-order valence-electron chi connectivity index (χ1n) is 12.8. The fraction of sp³-hybridized carbons (Fsp3) is 0.556. The fourth-order valence-electron chi connectivity index (χ4n) is 5.00. The molecule has 2 saturated heterocycles. The van der Waals surface area contributed by atoms with E-state index in [1.807, 2.05) is 11.8 Å². The molecule has 38 heavy (non-hydrogen) atoms. The number of alkyl carbamates (subject to hydrolysis) is 1. The summed E-state index contributed by atoms with van der Waals surface area (Å²) in [6.45, 7) is 9.28. The molecule has 0 spiro atoms. The molecule has 11 heteroatoms. The molecule has 9 nitrogen and oxygen atoms in total. The number of likely N-dealkylation sites (tertiary alicyclic amines) is 1. The summed E-state index contributed by atoms with van der Waals surface area (Å²) < 4.78 is 40.2. The molecule has 3 atom stereocenters. The van der Waals surface area contributed by atoms with Crippen LogP contribution in [0.1, 0.15) is 52.0 Å². The van der Waals surface area contributed by atoms with Crippen molar-refractivity contribution in [2.24, 2.45) is 5.92 Å². The molecule has 204 valence electrons. The third-order valence-electron chi connectivity index (χ3n) is 6.94. The zero-order valence-electron chi connectivity index (χ0n) is 22.2. The number of anilines is 1. The minimum Gasteiger partial charge on any atom is -0.487 e. The number of hydrogen-bond donors (Lipinski definition) is 1. The van der Waals surface area contributed by atoms with E-state index < -0.39 is 35.3 Å². The number of halogens is 2. The molecular weight excluding hydrogens is 494 g/mol. The second-order valence-corrected chi connectivity index (χ2v) is 10.9. The van der Waals surface area contributed by atoms with Crippen LogP contribution in [-0.2, 0) is 4.74 Å². The number of carbonyl (C=O) groups is 1. The molecule has 4 rings (SSSR count). The number of nitrogens with zero attached hydrogens (tertiary/aromatic N) is 5. The molecule has 0 unspecified atom stereocenters. The molecule has 1 amide bonds. The molecule has 2 aromatic rings. The van der Waals surface area contributed by atoms with Crippen LogP contribution in [0.15, 0.2) is 30.6 Å². The Bertz CT molecular complexity index is 1160. The second-order valence-electron chi connectivity index (χ2n) is 10.9. The lowest BCUT2D eigenvalue weighted by molar-refractivity contribution is 0.0504. The van der Waals surface area contributed by atoms with Gasteiger partial charge in [-0.25, -0.2) is 23.5 Å². The van der Waals surface area contributed by atoms with Crippen molar-refractivity contribution in [2.45, 2.75) is 64.2 Å². The first-order valence-corrected chi connectivity index (χ1v) is 12.8. The van der Waals surface area contributed by atoms with Gasteiger partial charge in [0.2, 0.25) is 5.95 Å². The summed E-state index contributed by atoms with van der Waals surface area (Å²) in [6.07, 6.45) is 6.44.